The monoisotopic (exact) mass is 273 g/mol. The van der Waals surface area contributed by atoms with Crippen LogP contribution in [0.15, 0.2) is 0 Å². The van der Waals surface area contributed by atoms with E-state index in [1.165, 1.54) is 0 Å². The summed E-state index contributed by atoms with van der Waals surface area (Å²) in [7, 11) is -10.4. The molecule has 0 saturated heterocycles. The predicted molar refractivity (Wildman–Crippen MR) is 43.3 cm³/mol. The van der Waals surface area contributed by atoms with Crippen LogP contribution >= 0.6 is 11.1 Å². The first kappa shape index (κ1) is 13.2. The third-order valence-electron chi connectivity index (χ3n) is 0.593. The van der Waals surface area contributed by atoms with Gasteiger partial charge in [-0.05, 0) is 0 Å². The maximum absolute atomic E-state index is 10.5. The van der Waals surface area contributed by atoms with Crippen molar-refractivity contribution in [2.75, 3.05) is 0 Å². The minimum atomic E-state index is -5.42. The lowest BCUT2D eigenvalue weighted by Gasteiger charge is -2.09. The molecule has 13 heavy (non-hydrogen) atoms. The van der Waals surface area contributed by atoms with Gasteiger partial charge in [0, 0.05) is 0 Å². The van der Waals surface area contributed by atoms with Crippen molar-refractivity contribution in [1.29, 1.82) is 0 Å². The second kappa shape index (κ2) is 4.18. The summed E-state index contributed by atoms with van der Waals surface area (Å²) in [5.74, 6) is 0. The molecule has 1 unspecified atom stereocenters. The van der Waals surface area contributed by atoms with Crippen molar-refractivity contribution in [1.82, 2.24) is 3.12 Å². The molecular weight excluding hydrogens is 270 g/mol. The first-order valence-corrected chi connectivity index (χ1v) is 7.29. The summed E-state index contributed by atoms with van der Waals surface area (Å²) in [6, 6.07) is 0. The lowest BCUT2D eigenvalue weighted by Crippen LogP contribution is -2.35. The second-order valence-electron chi connectivity index (χ2n) is 1.40. The summed E-state index contributed by atoms with van der Waals surface area (Å²) in [6.45, 7) is 0. The predicted octanol–water partition coefficient (Wildman–Crippen LogP) is -1.32. The van der Waals surface area contributed by atoms with Crippen LogP contribution in [0.2, 0.25) is 0 Å². The fraction of sp³-hybridized carbons (Fsp3) is 0. The Labute approximate surface area is 79.7 Å². The lowest BCUT2D eigenvalue weighted by molar-refractivity contribution is 0.448. The van der Waals surface area contributed by atoms with E-state index in [1.807, 2.05) is 0 Å². The molecule has 0 amide bonds. The Morgan fingerprint density at radius 3 is 1.69 bits per heavy atom. The smallest absolute Gasteiger partial charge is 0.316 e. The van der Waals surface area contributed by atoms with E-state index >= 15 is 0 Å². The van der Waals surface area contributed by atoms with Gasteiger partial charge in [0.1, 0.15) is 11.1 Å². The van der Waals surface area contributed by atoms with Gasteiger partial charge < -0.3 is 4.55 Å². The number of nitrogens with zero attached hydrogens (tertiary/aromatic N) is 1. The highest BCUT2D eigenvalue weighted by atomic mass is 33.2. The Morgan fingerprint density at radius 2 is 1.62 bits per heavy atom. The van der Waals surface area contributed by atoms with E-state index in [0.29, 0.717) is 0 Å². The highest BCUT2D eigenvalue weighted by Crippen LogP contribution is 2.18. The van der Waals surface area contributed by atoms with Crippen LogP contribution in [0.25, 0.3) is 0 Å². The molecule has 0 aromatic rings. The van der Waals surface area contributed by atoms with Crippen molar-refractivity contribution < 1.29 is 34.7 Å². The fourth-order valence-corrected chi connectivity index (χ4v) is 4.36. The highest BCUT2D eigenvalue weighted by Gasteiger charge is 2.39. The van der Waals surface area contributed by atoms with Crippen LogP contribution < -0.4 is 0 Å². The van der Waals surface area contributed by atoms with Crippen LogP contribution in [0.5, 0.6) is 0 Å². The number of hydrogen-bond acceptors (Lipinski definition) is 7. The Hall–Kier alpha value is 0.240. The molecule has 1 atom stereocenters. The summed E-state index contributed by atoms with van der Waals surface area (Å²) >= 11 is -4.52. The SMILES string of the molecule is O=S(O)N(S(=O)(=O)O)S(=O)(=O)SO. The van der Waals surface area contributed by atoms with Crippen molar-refractivity contribution in [2.24, 2.45) is 0 Å². The van der Waals surface area contributed by atoms with Crippen LogP contribution in [0, 0.1) is 0 Å². The molecule has 0 fully saturated rings. The van der Waals surface area contributed by atoms with Crippen molar-refractivity contribution in [3.63, 3.8) is 0 Å². The van der Waals surface area contributed by atoms with Gasteiger partial charge in [-0.2, -0.15) is 16.8 Å². The van der Waals surface area contributed by atoms with Gasteiger partial charge in [-0.1, -0.05) is 0 Å². The van der Waals surface area contributed by atoms with Gasteiger partial charge >= 0.3 is 19.4 Å². The van der Waals surface area contributed by atoms with E-state index in [9.17, 15) is 21.0 Å². The van der Waals surface area contributed by atoms with Crippen molar-refractivity contribution >= 4 is 41.7 Å². The highest BCUT2D eigenvalue weighted by molar-refractivity contribution is 8.70. The zero-order chi connectivity index (χ0) is 10.9. The lowest BCUT2D eigenvalue weighted by atomic mass is 13.8. The molecule has 13 heteroatoms. The molecule has 0 heterocycles. The van der Waals surface area contributed by atoms with Crippen molar-refractivity contribution in [3.8, 4) is 0 Å². The molecule has 0 aliphatic rings. The van der Waals surface area contributed by atoms with Crippen LogP contribution in [0.4, 0.5) is 0 Å². The van der Waals surface area contributed by atoms with Gasteiger partial charge in [0.2, 0.25) is 0 Å². The minimum Gasteiger partial charge on any atom is -0.316 e. The second-order valence-corrected chi connectivity index (χ2v) is 7.27. The van der Waals surface area contributed by atoms with Crippen molar-refractivity contribution in [3.05, 3.63) is 0 Å². The third kappa shape index (κ3) is 3.47. The van der Waals surface area contributed by atoms with E-state index in [0.717, 1.165) is 0 Å². The molecular formula is H3NO8S4. The fourth-order valence-electron chi connectivity index (χ4n) is 0.301. The van der Waals surface area contributed by atoms with E-state index in [2.05, 4.69) is 0 Å². The largest absolute Gasteiger partial charge is 0.363 e. The van der Waals surface area contributed by atoms with E-state index in [-0.39, 0.29) is 0 Å². The molecule has 0 aromatic heterocycles. The maximum Gasteiger partial charge on any atom is 0.363 e. The van der Waals surface area contributed by atoms with E-state index in [4.69, 9.17) is 13.7 Å². The van der Waals surface area contributed by atoms with Crippen molar-refractivity contribution in [2.45, 2.75) is 0 Å². The molecule has 0 rings (SSSR count). The van der Waals surface area contributed by atoms with Crippen LogP contribution in [-0.4, -0.2) is 37.8 Å². The standard InChI is InChI=1S/H3NO8S4/c2-10-13(8,9)1(11(3)4)12(5,6)7/h2H,(H,3,4)(H,5,6,7). The van der Waals surface area contributed by atoms with Gasteiger partial charge in [0.05, 0.1) is 3.12 Å². The minimum absolute atomic E-state index is 1.00. The molecule has 0 aliphatic heterocycles. The van der Waals surface area contributed by atoms with Gasteiger partial charge in [-0.25, -0.2) is 4.21 Å². The van der Waals surface area contributed by atoms with Gasteiger partial charge in [-0.15, -0.1) is 0 Å². The summed E-state index contributed by atoms with van der Waals surface area (Å²) < 4.78 is 74.8. The molecule has 0 spiro atoms. The first-order chi connectivity index (χ1) is 5.63. The number of rotatable bonds is 4. The molecule has 0 aliphatic carbocycles. The average molecular weight is 273 g/mol. The zero-order valence-electron chi connectivity index (χ0n) is 5.46. The van der Waals surface area contributed by atoms with Crippen LogP contribution in [0.1, 0.15) is 0 Å². The Morgan fingerprint density at radius 1 is 1.23 bits per heavy atom. The quantitative estimate of drug-likeness (QED) is 0.245. The Balaban J connectivity index is 5.47. The summed E-state index contributed by atoms with van der Waals surface area (Å²) in [6.07, 6.45) is 0. The molecule has 0 saturated carbocycles. The van der Waals surface area contributed by atoms with Gasteiger partial charge in [0.15, 0.2) is 0 Å². The average Bonchev–Trinajstić information content (AvgIpc) is 1.82. The third-order valence-corrected chi connectivity index (χ3v) is 6.43. The maximum atomic E-state index is 10.5. The van der Waals surface area contributed by atoms with Crippen LogP contribution in [-0.2, 0) is 30.6 Å². The molecule has 0 aromatic carbocycles. The Kier molecular flexibility index (Phi) is 4.25. The molecule has 9 nitrogen and oxygen atoms in total. The molecule has 80 valence electrons. The first-order valence-electron chi connectivity index (χ1n) is 2.10. The molecule has 0 bridgehead atoms. The number of hydrogen-bond donors (Lipinski definition) is 3. The summed E-state index contributed by atoms with van der Waals surface area (Å²) in [5.41, 5.74) is 0. The molecule has 0 radical (unpaired) electrons. The summed E-state index contributed by atoms with van der Waals surface area (Å²) in [4.78, 5) is 0. The topological polar surface area (TPSA) is 149 Å². The van der Waals surface area contributed by atoms with E-state index < -0.39 is 44.8 Å². The Bertz CT molecular complexity index is 386. The molecule has 3 N–H and O–H groups in total. The van der Waals surface area contributed by atoms with Gasteiger partial charge in [-0.3, -0.25) is 9.11 Å². The summed E-state index contributed by atoms with van der Waals surface area (Å²) in [5, 5.41) is 0. The normalized spacial score (nSPS) is 16.0. The zero-order valence-corrected chi connectivity index (χ0v) is 8.73. The van der Waals surface area contributed by atoms with E-state index in [1.54, 1.807) is 0 Å². The van der Waals surface area contributed by atoms with Crippen LogP contribution in [0.3, 0.4) is 0 Å². The van der Waals surface area contributed by atoms with Gasteiger partial charge in [0.25, 0.3) is 11.3 Å².